The monoisotopic (exact) mass is 394 g/mol. The minimum Gasteiger partial charge on any atom is -0.508 e. The second kappa shape index (κ2) is 9.49. The lowest BCUT2D eigenvalue weighted by Gasteiger charge is -2.43. The van der Waals surface area contributed by atoms with E-state index in [1.165, 1.54) is 16.9 Å². The number of Topliss-reactive ketones (excluding diaryl/α,β-unsaturated/α-hetero) is 2. The van der Waals surface area contributed by atoms with Gasteiger partial charge in [0.25, 0.3) is 5.91 Å². The maximum Gasteiger partial charge on any atom is 0.259 e. The van der Waals surface area contributed by atoms with Crippen LogP contribution in [0.5, 0.6) is 0 Å². The molecule has 3 amide bonds. The third-order valence-electron chi connectivity index (χ3n) is 4.96. The number of likely N-dealkylation sites (N-methyl/N-ethyl adjacent to an activating group) is 1. The van der Waals surface area contributed by atoms with Gasteiger partial charge in [-0.2, -0.15) is 0 Å². The van der Waals surface area contributed by atoms with Crippen molar-refractivity contribution in [3.8, 4) is 0 Å². The topological polar surface area (TPSA) is 152 Å². The zero-order chi connectivity index (χ0) is 20.8. The quantitative estimate of drug-likeness (QED) is 0.379. The number of ketones is 2. The molecule has 0 aromatic carbocycles. The number of carbonyl (C=O) groups is 5. The van der Waals surface area contributed by atoms with Gasteiger partial charge in [-0.15, -0.1) is 0 Å². The molecular weight excluding hydrogens is 368 g/mol. The van der Waals surface area contributed by atoms with Crippen LogP contribution in [0.1, 0.15) is 39.0 Å². The van der Waals surface area contributed by atoms with Gasteiger partial charge < -0.3 is 21.3 Å². The summed E-state index contributed by atoms with van der Waals surface area (Å²) in [6.45, 7) is 1.20. The maximum atomic E-state index is 12.9. The molecule has 2 aliphatic heterocycles. The lowest BCUT2D eigenvalue weighted by atomic mass is 10.0. The fraction of sp³-hybridized carbons (Fsp3) is 0.706. The Morgan fingerprint density at radius 2 is 2.00 bits per heavy atom. The minimum absolute atomic E-state index is 0.190. The van der Waals surface area contributed by atoms with Crippen molar-refractivity contribution in [2.75, 3.05) is 20.1 Å². The Kier molecular flexibility index (Phi) is 7.32. The molecule has 2 saturated heterocycles. The molecule has 0 aromatic rings. The van der Waals surface area contributed by atoms with E-state index in [4.69, 9.17) is 5.53 Å². The summed E-state index contributed by atoms with van der Waals surface area (Å²) < 4.78 is 0. The van der Waals surface area contributed by atoms with E-state index in [1.807, 2.05) is 0 Å². The van der Waals surface area contributed by atoms with E-state index in [1.54, 1.807) is 12.2 Å². The van der Waals surface area contributed by atoms with E-state index in [0.29, 0.717) is 25.8 Å². The first-order valence-electron chi connectivity index (χ1n) is 9.30. The fourth-order valence-corrected chi connectivity index (χ4v) is 3.54. The van der Waals surface area contributed by atoms with Gasteiger partial charge in [0, 0.05) is 19.4 Å². The van der Waals surface area contributed by atoms with E-state index in [2.05, 4.69) is 10.6 Å². The molecular formula is C17H26N6O5. The van der Waals surface area contributed by atoms with Crippen LogP contribution in [0.4, 0.5) is 0 Å². The average molecular weight is 394 g/mol. The third kappa shape index (κ3) is 4.77. The van der Waals surface area contributed by atoms with Crippen molar-refractivity contribution in [2.45, 2.75) is 57.2 Å². The first kappa shape index (κ1) is 21.6. The number of fused-ring (bicyclic) bond motifs is 1. The summed E-state index contributed by atoms with van der Waals surface area (Å²) >= 11 is 0. The summed E-state index contributed by atoms with van der Waals surface area (Å²) in [5, 5.41) is 9.60. The first-order chi connectivity index (χ1) is 13.3. The number of rotatable bonds is 8. The Bertz CT molecular complexity index is 681. The van der Waals surface area contributed by atoms with Crippen LogP contribution in [0.2, 0.25) is 0 Å². The molecule has 0 unspecified atom stereocenters. The Labute approximate surface area is 162 Å². The van der Waals surface area contributed by atoms with Gasteiger partial charge in [0.1, 0.15) is 17.9 Å². The van der Waals surface area contributed by atoms with Gasteiger partial charge in [0.15, 0.2) is 6.54 Å². The largest absolute Gasteiger partial charge is 0.508 e. The van der Waals surface area contributed by atoms with Crippen LogP contribution in [0.25, 0.3) is 5.53 Å². The second-order valence-corrected chi connectivity index (χ2v) is 7.01. The Balaban J connectivity index is 2.24. The normalized spacial score (nSPS) is 23.5. The highest BCUT2D eigenvalue weighted by atomic mass is 16.2. The van der Waals surface area contributed by atoms with E-state index in [0.717, 1.165) is 0 Å². The van der Waals surface area contributed by atoms with Gasteiger partial charge in [-0.05, 0) is 33.2 Å². The molecule has 0 bridgehead atoms. The number of hydrazine groups is 1. The van der Waals surface area contributed by atoms with Crippen LogP contribution < -0.4 is 15.7 Å². The number of nitrogens with zero attached hydrogens (tertiary/aromatic N) is 3. The molecule has 154 valence electrons. The van der Waals surface area contributed by atoms with Gasteiger partial charge in [-0.25, -0.2) is 5.01 Å². The maximum absolute atomic E-state index is 12.9. The van der Waals surface area contributed by atoms with Crippen LogP contribution in [-0.4, -0.2) is 77.6 Å². The summed E-state index contributed by atoms with van der Waals surface area (Å²) in [7, 11) is 1.62. The van der Waals surface area contributed by atoms with Gasteiger partial charge in [0.05, 0.1) is 6.04 Å². The Morgan fingerprint density at radius 3 is 2.61 bits per heavy atom. The molecule has 3 N–H and O–H groups in total. The highest BCUT2D eigenvalue weighted by molar-refractivity contribution is 5.97. The van der Waals surface area contributed by atoms with E-state index < -0.39 is 36.4 Å². The number of carbonyl (C=O) groups excluding carboxylic acids is 5. The number of nitrogens with one attached hydrogen (secondary N) is 3. The molecule has 0 aromatic heterocycles. The van der Waals surface area contributed by atoms with Crippen LogP contribution in [0, 0.1) is 0 Å². The molecule has 0 aliphatic carbocycles. The summed E-state index contributed by atoms with van der Waals surface area (Å²) in [5.41, 5.74) is 8.74. The van der Waals surface area contributed by atoms with Gasteiger partial charge >= 0.3 is 0 Å². The highest BCUT2D eigenvalue weighted by Crippen LogP contribution is 2.25. The molecule has 3 atom stereocenters. The molecule has 0 saturated carbocycles. The molecule has 11 heteroatoms. The first-order valence-corrected chi connectivity index (χ1v) is 9.30. The van der Waals surface area contributed by atoms with Gasteiger partial charge in [-0.3, -0.25) is 29.0 Å². The molecule has 2 heterocycles. The summed E-state index contributed by atoms with van der Waals surface area (Å²) in [5.74, 6) is -2.09. The van der Waals surface area contributed by atoms with Gasteiger partial charge in [0.2, 0.25) is 17.6 Å². The highest BCUT2D eigenvalue weighted by Gasteiger charge is 2.44. The minimum atomic E-state index is -1.13. The number of hydrogen-bond donors (Lipinski definition) is 3. The molecule has 11 nitrogen and oxygen atoms in total. The predicted octanol–water partition coefficient (Wildman–Crippen LogP) is -2.76. The average Bonchev–Trinajstić information content (AvgIpc) is 2.78. The van der Waals surface area contributed by atoms with E-state index in [9.17, 15) is 24.0 Å². The molecule has 2 fully saturated rings. The Morgan fingerprint density at radius 1 is 1.29 bits per heavy atom. The predicted molar refractivity (Wildman–Crippen MR) is 95.1 cm³/mol. The van der Waals surface area contributed by atoms with Crippen molar-refractivity contribution >= 4 is 29.3 Å². The summed E-state index contributed by atoms with van der Waals surface area (Å²) in [4.78, 5) is 61.8. The number of hydrogen-bond acceptors (Lipinski definition) is 6. The molecule has 28 heavy (non-hydrogen) atoms. The fourth-order valence-electron chi connectivity index (χ4n) is 3.54. The second-order valence-electron chi connectivity index (χ2n) is 7.01. The summed E-state index contributed by atoms with van der Waals surface area (Å²) in [6.07, 6.45) is 1.16. The van der Waals surface area contributed by atoms with Crippen molar-refractivity contribution in [2.24, 2.45) is 0 Å². The zero-order valence-electron chi connectivity index (χ0n) is 16.1. The van der Waals surface area contributed by atoms with Crippen molar-refractivity contribution < 1.29 is 29.1 Å². The molecule has 0 spiro atoms. The lowest BCUT2D eigenvalue weighted by molar-refractivity contribution is -0.467. The summed E-state index contributed by atoms with van der Waals surface area (Å²) in [6, 6.07) is -2.67. The molecule has 2 aliphatic rings. The van der Waals surface area contributed by atoms with Crippen molar-refractivity contribution in [3.05, 3.63) is 5.53 Å². The Hall–Kier alpha value is -2.69. The third-order valence-corrected chi connectivity index (χ3v) is 4.96. The SMILES string of the molecule is CN[C@H]1CCC(=O)N2CCC[C@@H](C(=O)N[C@@H](CC(C)=O)C(=O)C[NH+]=[N-])N2C1=O. The van der Waals surface area contributed by atoms with Crippen LogP contribution in [-0.2, 0) is 24.0 Å². The van der Waals surface area contributed by atoms with Crippen LogP contribution >= 0.6 is 0 Å². The van der Waals surface area contributed by atoms with Crippen molar-refractivity contribution in [1.82, 2.24) is 20.7 Å². The molecule has 2 rings (SSSR count). The van der Waals surface area contributed by atoms with E-state index >= 15 is 0 Å². The zero-order valence-corrected chi connectivity index (χ0v) is 16.1. The lowest BCUT2D eigenvalue weighted by Crippen LogP contribution is -2.69. The van der Waals surface area contributed by atoms with Crippen molar-refractivity contribution in [1.29, 1.82) is 0 Å². The van der Waals surface area contributed by atoms with Gasteiger partial charge in [-0.1, -0.05) is 0 Å². The number of amides is 3. The van der Waals surface area contributed by atoms with Crippen LogP contribution in [0.15, 0.2) is 0 Å². The smallest absolute Gasteiger partial charge is 0.259 e. The van der Waals surface area contributed by atoms with Crippen LogP contribution in [0.3, 0.4) is 0 Å². The van der Waals surface area contributed by atoms with E-state index in [-0.39, 0.29) is 30.4 Å². The standard InChI is InChI=1S/C17H26N6O5/c1-10(24)8-12(14(25)9-20-18)21-16(27)13-4-3-7-22-15(26)6-5-11(19-2)17(28)23(13)22/h11-13,19-20H,3-9H2,1-2H3,(H,21,27)/t11-,12-,13-/m0/s1. The molecule has 0 radical (unpaired) electrons. The van der Waals surface area contributed by atoms with Crippen molar-refractivity contribution in [3.63, 3.8) is 0 Å².